The van der Waals surface area contributed by atoms with E-state index in [4.69, 9.17) is 23.7 Å². The highest BCUT2D eigenvalue weighted by Gasteiger charge is 2.88. The van der Waals surface area contributed by atoms with Crippen molar-refractivity contribution in [3.63, 3.8) is 0 Å². The largest absolute Gasteiger partial charge is 0.466 e. The Hall–Kier alpha value is -2.23. The van der Waals surface area contributed by atoms with Crippen LogP contribution in [0.25, 0.3) is 0 Å². The van der Waals surface area contributed by atoms with Crippen LogP contribution in [0.4, 0.5) is 0 Å². The molecule has 0 aromatic carbocycles. The maximum atomic E-state index is 12.8. The second-order valence-electron chi connectivity index (χ2n) is 19.8. The van der Waals surface area contributed by atoms with Crippen molar-refractivity contribution in [3.05, 3.63) is 23.3 Å². The van der Waals surface area contributed by atoms with E-state index >= 15 is 0 Å². The minimum absolute atomic E-state index is 0.0308. The molecule has 1 saturated heterocycles. The molecule has 0 N–H and O–H groups in total. The van der Waals surface area contributed by atoms with Gasteiger partial charge in [-0.15, -0.1) is 0 Å². The van der Waals surface area contributed by atoms with Crippen molar-refractivity contribution in [1.29, 1.82) is 0 Å². The van der Waals surface area contributed by atoms with Gasteiger partial charge in [0.25, 0.3) is 0 Å². The van der Waals surface area contributed by atoms with Crippen molar-refractivity contribution < 1.29 is 38.1 Å². The van der Waals surface area contributed by atoms with E-state index in [1.165, 1.54) is 24.0 Å². The standard InChI is InChI=1S/C49H83NO8/c1-35(2)17-14-18-38-28-32-56-47(55-31-27-37(5)40(38)24-23-36(3)4)26-25-44(51)54-30-13-11-10-12-19-39(57-45(52)22-16-29-50(8)9)20-15-21-46(53)58-43-33-41-42-34-49(41,42)48(43,6)7/h17,23,37-43,47H,10-16,18-22,24-34H2,1-9H3/t37?,38?,39?,40?,41?,42?,43-,47?,49?/m1/s1. The molecule has 0 aromatic heterocycles. The number of ether oxygens (including phenoxy) is 5. The van der Waals surface area contributed by atoms with Gasteiger partial charge < -0.3 is 28.6 Å². The van der Waals surface area contributed by atoms with Crippen LogP contribution >= 0.6 is 0 Å². The molecule has 1 spiro atoms. The highest BCUT2D eigenvalue weighted by atomic mass is 16.7. The normalized spacial score (nSPS) is 29.0. The molecular weight excluding hydrogens is 731 g/mol. The van der Waals surface area contributed by atoms with E-state index < -0.39 is 0 Å². The van der Waals surface area contributed by atoms with Crippen molar-refractivity contribution in [2.24, 2.45) is 40.4 Å². The Bertz CT molecular complexity index is 1350. The molecule has 0 bridgehead atoms. The van der Waals surface area contributed by atoms with Crippen LogP contribution in [0.15, 0.2) is 23.3 Å². The zero-order valence-corrected chi connectivity index (χ0v) is 38.3. The second-order valence-corrected chi connectivity index (χ2v) is 19.8. The molecule has 9 nitrogen and oxygen atoms in total. The van der Waals surface area contributed by atoms with E-state index in [0.717, 1.165) is 89.0 Å². The number of fused-ring (bicyclic) bond motifs is 1. The van der Waals surface area contributed by atoms with E-state index in [0.29, 0.717) is 75.1 Å². The summed E-state index contributed by atoms with van der Waals surface area (Å²) in [6.45, 7) is 18.2. The average molecular weight is 814 g/mol. The Morgan fingerprint density at radius 3 is 2.16 bits per heavy atom. The van der Waals surface area contributed by atoms with Gasteiger partial charge in [0.2, 0.25) is 0 Å². The Morgan fingerprint density at radius 2 is 1.48 bits per heavy atom. The van der Waals surface area contributed by atoms with Crippen LogP contribution < -0.4 is 0 Å². The summed E-state index contributed by atoms with van der Waals surface area (Å²) in [4.78, 5) is 40.3. The third kappa shape index (κ3) is 15.0. The fourth-order valence-electron chi connectivity index (χ4n) is 10.3. The third-order valence-electron chi connectivity index (χ3n) is 14.2. The maximum absolute atomic E-state index is 12.8. The van der Waals surface area contributed by atoms with Gasteiger partial charge in [0.1, 0.15) is 12.2 Å². The first-order chi connectivity index (χ1) is 27.6. The summed E-state index contributed by atoms with van der Waals surface area (Å²) < 4.78 is 30.0. The Morgan fingerprint density at radius 1 is 0.793 bits per heavy atom. The van der Waals surface area contributed by atoms with Crippen LogP contribution in [0.2, 0.25) is 0 Å². The Kier molecular flexibility index (Phi) is 19.8. The number of hydrogen-bond acceptors (Lipinski definition) is 9. The molecule has 1 aliphatic heterocycles. The summed E-state index contributed by atoms with van der Waals surface area (Å²) in [5, 5.41) is 0. The van der Waals surface area contributed by atoms with E-state index in [9.17, 15) is 14.4 Å². The predicted octanol–water partition coefficient (Wildman–Crippen LogP) is 10.8. The van der Waals surface area contributed by atoms with Gasteiger partial charge >= 0.3 is 17.9 Å². The van der Waals surface area contributed by atoms with Gasteiger partial charge in [0.15, 0.2) is 6.29 Å². The first-order valence-electron chi connectivity index (χ1n) is 23.3. The summed E-state index contributed by atoms with van der Waals surface area (Å²) in [6, 6.07) is 0. The Balaban J connectivity index is 1.11. The Labute approximate surface area is 353 Å². The van der Waals surface area contributed by atoms with E-state index in [1.807, 2.05) is 14.1 Å². The smallest absolute Gasteiger partial charge is 0.306 e. The third-order valence-corrected chi connectivity index (χ3v) is 14.2. The topological polar surface area (TPSA) is 101 Å². The van der Waals surface area contributed by atoms with Crippen molar-refractivity contribution in [3.8, 4) is 0 Å². The van der Waals surface area contributed by atoms with Crippen molar-refractivity contribution in [1.82, 2.24) is 4.90 Å². The fraction of sp³-hybridized carbons (Fsp3) is 0.857. The predicted molar refractivity (Wildman–Crippen MR) is 231 cm³/mol. The van der Waals surface area contributed by atoms with Gasteiger partial charge in [0.05, 0.1) is 19.6 Å². The number of rotatable bonds is 25. The maximum Gasteiger partial charge on any atom is 0.306 e. The van der Waals surface area contributed by atoms with Crippen LogP contribution in [-0.2, 0) is 38.1 Å². The van der Waals surface area contributed by atoms with Gasteiger partial charge in [0, 0.05) is 31.3 Å². The lowest BCUT2D eigenvalue weighted by Gasteiger charge is -2.34. The van der Waals surface area contributed by atoms with Gasteiger partial charge in [-0.25, -0.2) is 0 Å². The van der Waals surface area contributed by atoms with E-state index in [-0.39, 0.29) is 48.2 Å². The monoisotopic (exact) mass is 814 g/mol. The van der Waals surface area contributed by atoms with Gasteiger partial charge in [-0.1, -0.05) is 56.9 Å². The molecule has 9 atom stereocenters. The molecule has 4 fully saturated rings. The molecule has 4 rings (SSSR count). The zero-order chi connectivity index (χ0) is 42.3. The molecule has 332 valence electrons. The highest BCUT2D eigenvalue weighted by molar-refractivity contribution is 5.70. The highest BCUT2D eigenvalue weighted by Crippen LogP contribution is 2.92. The van der Waals surface area contributed by atoms with Crippen molar-refractivity contribution in [2.45, 2.75) is 189 Å². The average Bonchev–Trinajstić information content (AvgIpc) is 4.04. The fourth-order valence-corrected chi connectivity index (χ4v) is 10.3. The van der Waals surface area contributed by atoms with E-state index in [2.05, 4.69) is 65.5 Å². The summed E-state index contributed by atoms with van der Waals surface area (Å²) in [6.07, 6.45) is 19.9. The summed E-state index contributed by atoms with van der Waals surface area (Å²) in [7, 11) is 4.00. The lowest BCUT2D eigenvalue weighted by molar-refractivity contribution is -0.164. The number of carbonyl (C=O) groups excluding carboxylic acids is 3. The number of unbranched alkanes of at least 4 members (excludes halogenated alkanes) is 3. The second kappa shape index (κ2) is 23.7. The summed E-state index contributed by atoms with van der Waals surface area (Å²) in [5.74, 6) is 2.92. The van der Waals surface area contributed by atoms with Crippen LogP contribution in [0.1, 0.15) is 170 Å². The van der Waals surface area contributed by atoms with Crippen molar-refractivity contribution in [2.75, 3.05) is 40.5 Å². The van der Waals surface area contributed by atoms with Gasteiger partial charge in [-0.05, 0) is 167 Å². The lowest BCUT2D eigenvalue weighted by Crippen LogP contribution is -2.33. The molecule has 9 heteroatoms. The lowest BCUT2D eigenvalue weighted by atomic mass is 9.75. The molecule has 8 unspecified atom stereocenters. The molecule has 58 heavy (non-hydrogen) atoms. The molecule has 0 aromatic rings. The van der Waals surface area contributed by atoms with Crippen molar-refractivity contribution >= 4 is 17.9 Å². The molecule has 0 amide bonds. The van der Waals surface area contributed by atoms with E-state index in [1.54, 1.807) is 0 Å². The molecule has 3 saturated carbocycles. The molecule has 1 heterocycles. The molecule has 4 aliphatic rings. The first-order valence-corrected chi connectivity index (χ1v) is 23.3. The molecule has 0 radical (unpaired) electrons. The minimum Gasteiger partial charge on any atom is -0.466 e. The van der Waals surface area contributed by atoms with Crippen LogP contribution in [0.5, 0.6) is 0 Å². The minimum atomic E-state index is -0.386. The number of allylic oxidation sites excluding steroid dienone is 4. The van der Waals surface area contributed by atoms with Crippen LogP contribution in [-0.4, -0.2) is 81.8 Å². The number of carbonyl (C=O) groups is 3. The number of esters is 3. The number of nitrogens with zero attached hydrogens (tertiary/aromatic N) is 1. The number of hydrogen-bond donors (Lipinski definition) is 0. The quantitative estimate of drug-likeness (QED) is 0.0386. The summed E-state index contributed by atoms with van der Waals surface area (Å²) in [5.41, 5.74) is 3.30. The molecular formula is C49H83NO8. The zero-order valence-electron chi connectivity index (χ0n) is 38.3. The summed E-state index contributed by atoms with van der Waals surface area (Å²) >= 11 is 0. The first kappa shape index (κ1) is 48.4. The van der Waals surface area contributed by atoms with Crippen LogP contribution in [0.3, 0.4) is 0 Å². The van der Waals surface area contributed by atoms with Gasteiger partial charge in [-0.2, -0.15) is 0 Å². The van der Waals surface area contributed by atoms with Crippen LogP contribution in [0, 0.1) is 40.4 Å². The van der Waals surface area contributed by atoms with Gasteiger partial charge in [-0.3, -0.25) is 14.4 Å². The molecule has 3 aliphatic carbocycles. The SMILES string of the molecule is CC(C)=CCCC1CCOC(CCC(=O)OCCCCCCC(CCCC(=O)O[C@@H]2CC3C4CC34C2(C)C)OC(=O)CCCN(C)C)OCCC(C)C1CC=C(C)C.